The van der Waals surface area contributed by atoms with E-state index in [2.05, 4.69) is 5.32 Å². The molecular weight excluding hydrogens is 280 g/mol. The van der Waals surface area contributed by atoms with Gasteiger partial charge in [0.25, 0.3) is 0 Å². The van der Waals surface area contributed by atoms with Crippen LogP contribution in [0.5, 0.6) is 0 Å². The topological polar surface area (TPSA) is 105 Å². The average Bonchev–Trinajstić information content (AvgIpc) is 2.42. The van der Waals surface area contributed by atoms with Crippen LogP contribution in [0, 0.1) is 0 Å². The Bertz CT molecular complexity index is 348. The highest BCUT2D eigenvalue weighted by Crippen LogP contribution is 2.00. The first kappa shape index (κ1) is 19.2. The first-order valence-electron chi connectivity index (χ1n) is 6.89. The minimum absolute atomic E-state index is 0.166. The molecule has 0 aliphatic heterocycles. The van der Waals surface area contributed by atoms with Gasteiger partial charge in [-0.1, -0.05) is 13.3 Å². The molecule has 0 aliphatic carbocycles. The molecule has 0 aromatic rings. The van der Waals surface area contributed by atoms with E-state index in [4.69, 9.17) is 14.6 Å². The first-order chi connectivity index (χ1) is 9.96. The predicted octanol–water partition coefficient (Wildman–Crippen LogP) is 0.461. The first-order valence-corrected chi connectivity index (χ1v) is 6.89. The van der Waals surface area contributed by atoms with Crippen molar-refractivity contribution in [3.8, 4) is 0 Å². The van der Waals surface area contributed by atoms with Gasteiger partial charge >= 0.3 is 18.0 Å². The maximum Gasteiger partial charge on any atom is 0.326 e. The van der Waals surface area contributed by atoms with Gasteiger partial charge < -0.3 is 24.8 Å². The average molecular weight is 304 g/mol. The number of carbonyl (C=O) groups excluding carboxylic acids is 2. The lowest BCUT2D eigenvalue weighted by Crippen LogP contribution is -2.50. The van der Waals surface area contributed by atoms with Crippen LogP contribution in [0.4, 0.5) is 4.79 Å². The Balaban J connectivity index is 4.67. The quantitative estimate of drug-likeness (QED) is 0.568. The van der Waals surface area contributed by atoms with E-state index in [0.29, 0.717) is 12.8 Å². The Labute approximate surface area is 124 Å². The second-order valence-electron chi connectivity index (χ2n) is 4.35. The van der Waals surface area contributed by atoms with Gasteiger partial charge in [-0.05, 0) is 13.3 Å². The molecule has 0 aromatic carbocycles. The summed E-state index contributed by atoms with van der Waals surface area (Å²) in [5.74, 6) is -1.65. The van der Waals surface area contributed by atoms with Crippen LogP contribution in [0.1, 0.15) is 26.7 Å². The lowest BCUT2D eigenvalue weighted by atomic mass is 10.2. The third-order valence-corrected chi connectivity index (χ3v) is 2.65. The summed E-state index contributed by atoms with van der Waals surface area (Å²) in [6, 6.07) is -1.60. The Morgan fingerprint density at radius 2 is 1.95 bits per heavy atom. The fourth-order valence-electron chi connectivity index (χ4n) is 1.60. The monoisotopic (exact) mass is 304 g/mol. The van der Waals surface area contributed by atoms with Gasteiger partial charge in [-0.3, -0.25) is 4.79 Å². The molecule has 21 heavy (non-hydrogen) atoms. The molecule has 0 unspecified atom stereocenters. The number of amides is 2. The van der Waals surface area contributed by atoms with Gasteiger partial charge in [0.15, 0.2) is 0 Å². The number of hydrogen-bond donors (Lipinski definition) is 2. The van der Waals surface area contributed by atoms with Crippen molar-refractivity contribution in [3.63, 3.8) is 0 Å². The molecule has 0 heterocycles. The fourth-order valence-corrected chi connectivity index (χ4v) is 1.60. The van der Waals surface area contributed by atoms with E-state index in [-0.39, 0.29) is 26.3 Å². The minimum Gasteiger partial charge on any atom is -0.480 e. The summed E-state index contributed by atoms with van der Waals surface area (Å²) in [6.45, 7) is 3.86. The molecule has 0 bridgehead atoms. The molecule has 0 saturated carbocycles. The molecule has 122 valence electrons. The van der Waals surface area contributed by atoms with Gasteiger partial charge in [0.05, 0.1) is 13.2 Å². The summed E-state index contributed by atoms with van der Waals surface area (Å²) in [5.41, 5.74) is 0. The maximum atomic E-state index is 12.1. The van der Waals surface area contributed by atoms with Crippen molar-refractivity contribution in [3.05, 3.63) is 0 Å². The highest BCUT2D eigenvalue weighted by atomic mass is 16.5. The van der Waals surface area contributed by atoms with E-state index in [1.807, 2.05) is 6.92 Å². The van der Waals surface area contributed by atoms with Crippen LogP contribution in [0.15, 0.2) is 0 Å². The molecule has 0 fully saturated rings. The van der Waals surface area contributed by atoms with Crippen LogP contribution in [-0.4, -0.2) is 67.4 Å². The Morgan fingerprint density at radius 3 is 2.43 bits per heavy atom. The van der Waals surface area contributed by atoms with Crippen molar-refractivity contribution in [1.29, 1.82) is 0 Å². The highest BCUT2D eigenvalue weighted by molar-refractivity contribution is 5.85. The van der Waals surface area contributed by atoms with Crippen molar-refractivity contribution in [2.45, 2.75) is 32.7 Å². The smallest absolute Gasteiger partial charge is 0.326 e. The number of carbonyl (C=O) groups is 3. The molecule has 1 atom stereocenters. The zero-order chi connectivity index (χ0) is 16.3. The summed E-state index contributed by atoms with van der Waals surface area (Å²) < 4.78 is 9.66. The largest absolute Gasteiger partial charge is 0.480 e. The summed E-state index contributed by atoms with van der Waals surface area (Å²) in [6.07, 6.45) is 0.936. The molecule has 0 rings (SSSR count). The number of esters is 1. The number of hydrogen-bond acceptors (Lipinski definition) is 5. The van der Waals surface area contributed by atoms with E-state index in [1.54, 1.807) is 6.92 Å². The van der Waals surface area contributed by atoms with E-state index in [0.717, 1.165) is 0 Å². The molecule has 8 heteroatoms. The number of rotatable bonds is 10. The van der Waals surface area contributed by atoms with Crippen molar-refractivity contribution in [1.82, 2.24) is 10.2 Å². The maximum absolute atomic E-state index is 12.1. The molecule has 8 nitrogen and oxygen atoms in total. The third kappa shape index (κ3) is 8.13. The zero-order valence-electron chi connectivity index (χ0n) is 12.8. The lowest BCUT2D eigenvalue weighted by molar-refractivity contribution is -0.143. The van der Waals surface area contributed by atoms with Crippen LogP contribution in [0.2, 0.25) is 0 Å². The second-order valence-corrected chi connectivity index (χ2v) is 4.35. The van der Waals surface area contributed by atoms with E-state index in [9.17, 15) is 14.4 Å². The number of ether oxygens (including phenoxy) is 2. The van der Waals surface area contributed by atoms with Gasteiger partial charge in [0, 0.05) is 13.7 Å². The fraction of sp³-hybridized carbons (Fsp3) is 0.769. The summed E-state index contributed by atoms with van der Waals surface area (Å²) in [4.78, 5) is 35.7. The van der Waals surface area contributed by atoms with Crippen LogP contribution in [0.3, 0.4) is 0 Å². The number of methoxy groups -OCH3 is 1. The van der Waals surface area contributed by atoms with E-state index >= 15 is 0 Å². The molecule has 0 aromatic heterocycles. The van der Waals surface area contributed by atoms with Crippen LogP contribution in [0.25, 0.3) is 0 Å². The molecule has 0 saturated heterocycles. The van der Waals surface area contributed by atoms with Gasteiger partial charge in [-0.15, -0.1) is 0 Å². The number of aliphatic carboxylic acids is 1. The molecule has 0 spiro atoms. The molecule has 0 radical (unpaired) electrons. The molecule has 2 amide bonds. The lowest BCUT2D eigenvalue weighted by Gasteiger charge is -2.24. The van der Waals surface area contributed by atoms with Crippen molar-refractivity contribution in [2.24, 2.45) is 0 Å². The van der Waals surface area contributed by atoms with E-state index < -0.39 is 24.0 Å². The number of carboxylic acid groups (broad SMARTS) is 1. The van der Waals surface area contributed by atoms with Crippen molar-refractivity contribution < 1.29 is 29.0 Å². The highest BCUT2D eigenvalue weighted by Gasteiger charge is 2.24. The third-order valence-electron chi connectivity index (χ3n) is 2.65. The summed E-state index contributed by atoms with van der Waals surface area (Å²) in [7, 11) is 1.47. The van der Waals surface area contributed by atoms with Crippen LogP contribution >= 0.6 is 0 Å². The van der Waals surface area contributed by atoms with Gasteiger partial charge in [0.1, 0.15) is 12.6 Å². The zero-order valence-corrected chi connectivity index (χ0v) is 12.8. The van der Waals surface area contributed by atoms with Crippen molar-refractivity contribution in [2.75, 3.05) is 33.4 Å². The number of carboxylic acids is 1. The van der Waals surface area contributed by atoms with Gasteiger partial charge in [-0.2, -0.15) is 0 Å². The second kappa shape index (κ2) is 10.9. The summed E-state index contributed by atoms with van der Waals surface area (Å²) in [5, 5.41) is 11.4. The summed E-state index contributed by atoms with van der Waals surface area (Å²) >= 11 is 0. The van der Waals surface area contributed by atoms with Crippen LogP contribution in [-0.2, 0) is 19.1 Å². The van der Waals surface area contributed by atoms with Gasteiger partial charge in [-0.25, -0.2) is 9.59 Å². The normalized spacial score (nSPS) is 11.6. The number of urea groups is 1. The Hall–Kier alpha value is -1.83. The van der Waals surface area contributed by atoms with Crippen molar-refractivity contribution >= 4 is 18.0 Å². The molecule has 2 N–H and O–H groups in total. The Morgan fingerprint density at radius 1 is 1.29 bits per heavy atom. The minimum atomic E-state index is -1.10. The SMILES string of the molecule is CCC[C@H](NC(=O)N(CCOC)CC(=O)OCC)C(=O)O. The number of nitrogens with one attached hydrogen (secondary N) is 1. The molecule has 0 aliphatic rings. The van der Waals surface area contributed by atoms with Crippen LogP contribution < -0.4 is 5.32 Å². The number of nitrogens with zero attached hydrogens (tertiary/aromatic N) is 1. The standard InChI is InChI=1S/C13H24N2O6/c1-4-6-10(12(17)18)14-13(19)15(7-8-20-3)9-11(16)21-5-2/h10H,4-9H2,1-3H3,(H,14,19)(H,17,18)/t10-/m0/s1. The predicted molar refractivity (Wildman–Crippen MR) is 74.9 cm³/mol. The Kier molecular flexibility index (Phi) is 9.95. The molecular formula is C13H24N2O6. The van der Waals surface area contributed by atoms with E-state index in [1.165, 1.54) is 12.0 Å². The van der Waals surface area contributed by atoms with Gasteiger partial charge in [0.2, 0.25) is 0 Å².